The molecule has 6 heteroatoms. The van der Waals surface area contributed by atoms with Crippen LogP contribution in [0.2, 0.25) is 5.15 Å². The van der Waals surface area contributed by atoms with Gasteiger partial charge in [0.05, 0.1) is 19.8 Å². The van der Waals surface area contributed by atoms with Crippen molar-refractivity contribution in [1.82, 2.24) is 9.88 Å². The Bertz CT molecular complexity index is 453. The first-order chi connectivity index (χ1) is 8.60. The highest BCUT2D eigenvalue weighted by atomic mass is 35.5. The van der Waals surface area contributed by atoms with Gasteiger partial charge in [-0.1, -0.05) is 11.6 Å². The molecule has 0 saturated carbocycles. The van der Waals surface area contributed by atoms with E-state index in [2.05, 4.69) is 4.98 Å². The van der Waals surface area contributed by atoms with Crippen molar-refractivity contribution in [3.63, 3.8) is 0 Å². The molecule has 1 aromatic rings. The number of ether oxygens (including phenoxy) is 2. The second-order valence-electron chi connectivity index (χ2n) is 4.15. The topological polar surface area (TPSA) is 51.7 Å². The average molecular weight is 271 g/mol. The standard InChI is InChI=1S/C12H15ClN2O3/c1-8-7-15(3-4-18-8)12(16)9-5-10(13)14-11(6-9)17-2/h5-6,8H,3-4,7H2,1-2H3/t8-/m0/s1. The maximum atomic E-state index is 12.3. The van der Waals surface area contributed by atoms with Gasteiger partial charge < -0.3 is 14.4 Å². The molecule has 1 aliphatic heterocycles. The Morgan fingerprint density at radius 3 is 3.06 bits per heavy atom. The average Bonchev–Trinajstić information content (AvgIpc) is 2.37. The molecule has 1 saturated heterocycles. The highest BCUT2D eigenvalue weighted by molar-refractivity contribution is 6.29. The van der Waals surface area contributed by atoms with Gasteiger partial charge >= 0.3 is 0 Å². The summed E-state index contributed by atoms with van der Waals surface area (Å²) in [5.74, 6) is 0.264. The molecule has 0 aromatic carbocycles. The van der Waals surface area contributed by atoms with Crippen LogP contribution in [0.15, 0.2) is 12.1 Å². The van der Waals surface area contributed by atoms with Gasteiger partial charge in [-0.3, -0.25) is 4.79 Å². The van der Waals surface area contributed by atoms with Crippen LogP contribution in [0.5, 0.6) is 5.88 Å². The summed E-state index contributed by atoms with van der Waals surface area (Å²) in [5.41, 5.74) is 0.487. The molecule has 0 bridgehead atoms. The smallest absolute Gasteiger partial charge is 0.254 e. The van der Waals surface area contributed by atoms with Crippen LogP contribution in [0.1, 0.15) is 17.3 Å². The highest BCUT2D eigenvalue weighted by Gasteiger charge is 2.23. The molecule has 0 N–H and O–H groups in total. The van der Waals surface area contributed by atoms with Crippen LogP contribution in [-0.2, 0) is 4.74 Å². The van der Waals surface area contributed by atoms with Gasteiger partial charge in [0.25, 0.3) is 5.91 Å². The summed E-state index contributed by atoms with van der Waals surface area (Å²) in [7, 11) is 1.49. The van der Waals surface area contributed by atoms with E-state index in [1.165, 1.54) is 7.11 Å². The Hall–Kier alpha value is -1.33. The molecular weight excluding hydrogens is 256 g/mol. The van der Waals surface area contributed by atoms with Crippen LogP contribution in [0.3, 0.4) is 0 Å². The molecule has 0 unspecified atom stereocenters. The minimum atomic E-state index is -0.0762. The number of aromatic nitrogens is 1. The van der Waals surface area contributed by atoms with E-state index in [-0.39, 0.29) is 17.2 Å². The summed E-state index contributed by atoms with van der Waals surface area (Å²) < 4.78 is 10.4. The molecule has 5 nitrogen and oxygen atoms in total. The third kappa shape index (κ3) is 2.91. The molecule has 2 heterocycles. The van der Waals surface area contributed by atoms with E-state index >= 15 is 0 Å². The summed E-state index contributed by atoms with van der Waals surface area (Å²) >= 11 is 5.85. The van der Waals surface area contributed by atoms with Crippen molar-refractivity contribution >= 4 is 17.5 Å². The van der Waals surface area contributed by atoms with Gasteiger partial charge in [-0.15, -0.1) is 0 Å². The summed E-state index contributed by atoms with van der Waals surface area (Å²) in [6.07, 6.45) is 0.0573. The Morgan fingerprint density at radius 1 is 1.61 bits per heavy atom. The SMILES string of the molecule is COc1cc(C(=O)N2CCO[C@@H](C)C2)cc(Cl)n1. The lowest BCUT2D eigenvalue weighted by molar-refractivity contribution is -0.0124. The van der Waals surface area contributed by atoms with Crippen LogP contribution in [0.4, 0.5) is 0 Å². The van der Waals surface area contributed by atoms with E-state index < -0.39 is 0 Å². The number of hydrogen-bond acceptors (Lipinski definition) is 4. The fourth-order valence-electron chi connectivity index (χ4n) is 1.89. The third-order valence-corrected chi connectivity index (χ3v) is 2.95. The Morgan fingerprint density at radius 2 is 2.39 bits per heavy atom. The van der Waals surface area contributed by atoms with Gasteiger partial charge in [0, 0.05) is 24.7 Å². The maximum absolute atomic E-state index is 12.3. The predicted octanol–water partition coefficient (Wildman–Crippen LogP) is 1.60. The third-order valence-electron chi connectivity index (χ3n) is 2.75. The zero-order valence-corrected chi connectivity index (χ0v) is 11.1. The number of carbonyl (C=O) groups excluding carboxylic acids is 1. The lowest BCUT2D eigenvalue weighted by Crippen LogP contribution is -2.44. The Kier molecular flexibility index (Phi) is 4.04. The Balaban J connectivity index is 2.19. The summed E-state index contributed by atoms with van der Waals surface area (Å²) in [4.78, 5) is 18.0. The van der Waals surface area contributed by atoms with E-state index in [0.29, 0.717) is 31.1 Å². The van der Waals surface area contributed by atoms with Gasteiger partial charge in [0.15, 0.2) is 0 Å². The van der Waals surface area contributed by atoms with E-state index in [1.54, 1.807) is 17.0 Å². The van der Waals surface area contributed by atoms with Crippen molar-refractivity contribution in [3.8, 4) is 5.88 Å². The van der Waals surface area contributed by atoms with E-state index in [0.717, 1.165) is 0 Å². The predicted molar refractivity (Wildman–Crippen MR) is 67.1 cm³/mol. The first-order valence-corrected chi connectivity index (χ1v) is 6.10. The second kappa shape index (κ2) is 5.54. The summed E-state index contributed by atoms with van der Waals surface area (Å²) in [6, 6.07) is 3.14. The number of halogens is 1. The van der Waals surface area contributed by atoms with Crippen molar-refractivity contribution in [3.05, 3.63) is 22.8 Å². The second-order valence-corrected chi connectivity index (χ2v) is 4.54. The van der Waals surface area contributed by atoms with Gasteiger partial charge in [0.1, 0.15) is 5.15 Å². The van der Waals surface area contributed by atoms with Gasteiger partial charge in [-0.25, -0.2) is 4.98 Å². The first kappa shape index (κ1) is 13.1. The first-order valence-electron chi connectivity index (χ1n) is 5.72. The zero-order valence-electron chi connectivity index (χ0n) is 10.4. The molecule has 1 aliphatic rings. The van der Waals surface area contributed by atoms with Crippen LogP contribution in [-0.4, -0.2) is 48.7 Å². The number of hydrogen-bond donors (Lipinski definition) is 0. The molecule has 0 radical (unpaired) electrons. The Labute approximate surface area is 111 Å². The molecule has 18 heavy (non-hydrogen) atoms. The van der Waals surface area contributed by atoms with Crippen molar-refractivity contribution in [2.24, 2.45) is 0 Å². The molecule has 1 aromatic heterocycles. The minimum absolute atomic E-state index is 0.0573. The van der Waals surface area contributed by atoms with Crippen molar-refractivity contribution in [2.75, 3.05) is 26.8 Å². The molecule has 1 amide bonds. The van der Waals surface area contributed by atoms with Crippen molar-refractivity contribution < 1.29 is 14.3 Å². The quantitative estimate of drug-likeness (QED) is 0.766. The van der Waals surface area contributed by atoms with E-state index in [1.807, 2.05) is 6.92 Å². The number of carbonyl (C=O) groups is 1. The number of nitrogens with zero attached hydrogens (tertiary/aromatic N) is 2. The molecule has 0 spiro atoms. The zero-order chi connectivity index (χ0) is 13.1. The molecule has 0 aliphatic carbocycles. The lowest BCUT2D eigenvalue weighted by Gasteiger charge is -2.31. The molecule has 1 atom stereocenters. The van der Waals surface area contributed by atoms with Crippen LogP contribution in [0, 0.1) is 0 Å². The largest absolute Gasteiger partial charge is 0.481 e. The maximum Gasteiger partial charge on any atom is 0.254 e. The number of morpholine rings is 1. The van der Waals surface area contributed by atoms with E-state index in [9.17, 15) is 4.79 Å². The molecular formula is C12H15ClN2O3. The monoisotopic (exact) mass is 270 g/mol. The molecule has 1 fully saturated rings. The van der Waals surface area contributed by atoms with Gasteiger partial charge in [-0.05, 0) is 13.0 Å². The van der Waals surface area contributed by atoms with E-state index in [4.69, 9.17) is 21.1 Å². The normalized spacial score (nSPS) is 19.7. The summed E-state index contributed by atoms with van der Waals surface area (Å²) in [5, 5.41) is 0.249. The van der Waals surface area contributed by atoms with Crippen LogP contribution >= 0.6 is 11.6 Å². The summed E-state index contributed by atoms with van der Waals surface area (Å²) in [6.45, 7) is 3.68. The van der Waals surface area contributed by atoms with Crippen LogP contribution in [0.25, 0.3) is 0 Å². The van der Waals surface area contributed by atoms with Crippen molar-refractivity contribution in [1.29, 1.82) is 0 Å². The van der Waals surface area contributed by atoms with Gasteiger partial charge in [-0.2, -0.15) is 0 Å². The number of methoxy groups -OCH3 is 1. The minimum Gasteiger partial charge on any atom is -0.481 e. The number of amides is 1. The van der Waals surface area contributed by atoms with Gasteiger partial charge in [0.2, 0.25) is 5.88 Å². The van der Waals surface area contributed by atoms with Crippen LogP contribution < -0.4 is 4.74 Å². The highest BCUT2D eigenvalue weighted by Crippen LogP contribution is 2.18. The molecule has 98 valence electrons. The molecule has 2 rings (SSSR count). The number of pyridine rings is 1. The number of rotatable bonds is 2. The fourth-order valence-corrected chi connectivity index (χ4v) is 2.09. The fraction of sp³-hybridized carbons (Fsp3) is 0.500. The van der Waals surface area contributed by atoms with Crippen molar-refractivity contribution in [2.45, 2.75) is 13.0 Å². The lowest BCUT2D eigenvalue weighted by atomic mass is 10.2.